The van der Waals surface area contributed by atoms with Gasteiger partial charge in [0.2, 0.25) is 0 Å². The second kappa shape index (κ2) is 6.46. The van der Waals surface area contributed by atoms with Gasteiger partial charge in [-0.3, -0.25) is 0 Å². The van der Waals surface area contributed by atoms with Crippen LogP contribution in [0.15, 0.2) is 48.5 Å². The third kappa shape index (κ3) is 3.51. The first kappa shape index (κ1) is 13.0. The number of hydrogen-bond donors (Lipinski definition) is 0. The molecular weight excluding hydrogens is 244 g/mol. The van der Waals surface area contributed by atoms with Crippen LogP contribution >= 0.6 is 11.6 Å². The Morgan fingerprint density at radius 2 is 1.44 bits per heavy atom. The topological polar surface area (TPSA) is 9.23 Å². The van der Waals surface area contributed by atoms with E-state index in [1.807, 2.05) is 36.4 Å². The molecule has 2 heteroatoms. The second-order valence-corrected chi connectivity index (χ2v) is 4.67. The minimum absolute atomic E-state index is 0.762. The van der Waals surface area contributed by atoms with Gasteiger partial charge in [-0.1, -0.05) is 49.2 Å². The van der Waals surface area contributed by atoms with E-state index in [1.165, 1.54) is 11.1 Å². The van der Waals surface area contributed by atoms with E-state index in [1.54, 1.807) is 0 Å². The van der Waals surface area contributed by atoms with Crippen molar-refractivity contribution >= 4 is 11.6 Å². The van der Waals surface area contributed by atoms with Gasteiger partial charge in [-0.25, -0.2) is 0 Å². The van der Waals surface area contributed by atoms with E-state index in [0.29, 0.717) is 0 Å². The van der Waals surface area contributed by atoms with Gasteiger partial charge in [-0.15, -0.1) is 0 Å². The second-order valence-electron chi connectivity index (χ2n) is 4.23. The van der Waals surface area contributed by atoms with Crippen molar-refractivity contribution in [3.05, 3.63) is 53.6 Å². The lowest BCUT2D eigenvalue weighted by Gasteiger charge is -2.06. The number of benzene rings is 2. The van der Waals surface area contributed by atoms with Gasteiger partial charge < -0.3 is 4.74 Å². The Bertz CT molecular complexity index is 473. The summed E-state index contributed by atoms with van der Waals surface area (Å²) in [5, 5.41) is 0.762. The van der Waals surface area contributed by atoms with Gasteiger partial charge in [-0.2, -0.15) is 0 Å². The Morgan fingerprint density at radius 3 is 2.00 bits per heavy atom. The molecule has 0 amide bonds. The first-order chi connectivity index (χ1) is 8.79. The van der Waals surface area contributed by atoms with Crippen molar-refractivity contribution in [3.8, 4) is 16.9 Å². The van der Waals surface area contributed by atoms with Crippen molar-refractivity contribution in [2.24, 2.45) is 0 Å². The van der Waals surface area contributed by atoms with Crippen molar-refractivity contribution in [1.82, 2.24) is 0 Å². The zero-order chi connectivity index (χ0) is 12.8. The van der Waals surface area contributed by atoms with Crippen molar-refractivity contribution in [1.29, 1.82) is 0 Å². The molecule has 0 saturated carbocycles. The Hall–Kier alpha value is -1.47. The molecular formula is C16H17ClO. The van der Waals surface area contributed by atoms with Gasteiger partial charge in [0.1, 0.15) is 5.75 Å². The van der Waals surface area contributed by atoms with Crippen LogP contribution in [-0.2, 0) is 0 Å². The summed E-state index contributed by atoms with van der Waals surface area (Å²) in [4.78, 5) is 0. The third-order valence-corrected chi connectivity index (χ3v) is 3.05. The van der Waals surface area contributed by atoms with Gasteiger partial charge in [0.25, 0.3) is 0 Å². The van der Waals surface area contributed by atoms with Crippen molar-refractivity contribution in [3.63, 3.8) is 0 Å². The highest BCUT2D eigenvalue weighted by Gasteiger charge is 1.98. The van der Waals surface area contributed by atoms with Crippen LogP contribution in [-0.4, -0.2) is 6.61 Å². The highest BCUT2D eigenvalue weighted by atomic mass is 35.5. The number of unbranched alkanes of at least 4 members (excludes halogenated alkanes) is 1. The van der Waals surface area contributed by atoms with E-state index in [0.717, 1.165) is 30.2 Å². The summed E-state index contributed by atoms with van der Waals surface area (Å²) in [6.45, 7) is 2.95. The first-order valence-corrected chi connectivity index (χ1v) is 6.66. The fraction of sp³-hybridized carbons (Fsp3) is 0.250. The highest BCUT2D eigenvalue weighted by molar-refractivity contribution is 6.30. The summed E-state index contributed by atoms with van der Waals surface area (Å²) in [7, 11) is 0. The van der Waals surface area contributed by atoms with E-state index < -0.39 is 0 Å². The molecule has 0 fully saturated rings. The van der Waals surface area contributed by atoms with Crippen LogP contribution in [0, 0.1) is 0 Å². The van der Waals surface area contributed by atoms with Gasteiger partial charge in [0, 0.05) is 5.02 Å². The minimum Gasteiger partial charge on any atom is -0.494 e. The Labute approximate surface area is 113 Å². The normalized spacial score (nSPS) is 10.3. The van der Waals surface area contributed by atoms with E-state index >= 15 is 0 Å². The maximum absolute atomic E-state index is 5.88. The molecule has 0 bridgehead atoms. The molecule has 0 saturated heterocycles. The van der Waals surface area contributed by atoms with E-state index in [2.05, 4.69) is 19.1 Å². The van der Waals surface area contributed by atoms with E-state index in [-0.39, 0.29) is 0 Å². The van der Waals surface area contributed by atoms with Crippen LogP contribution in [0.1, 0.15) is 19.8 Å². The molecule has 0 unspecified atom stereocenters. The summed E-state index contributed by atoms with van der Waals surface area (Å²) in [6, 6.07) is 16.0. The lowest BCUT2D eigenvalue weighted by Crippen LogP contribution is -1.95. The minimum atomic E-state index is 0.762. The predicted molar refractivity (Wildman–Crippen MR) is 77.3 cm³/mol. The van der Waals surface area contributed by atoms with E-state index in [4.69, 9.17) is 16.3 Å². The average molecular weight is 261 g/mol. The monoisotopic (exact) mass is 260 g/mol. The Balaban J connectivity index is 2.05. The maximum atomic E-state index is 5.88. The summed E-state index contributed by atoms with van der Waals surface area (Å²) in [5.74, 6) is 0.932. The largest absolute Gasteiger partial charge is 0.494 e. The summed E-state index contributed by atoms with van der Waals surface area (Å²) >= 11 is 5.88. The standard InChI is InChI=1S/C16H17ClO/c1-2-3-12-18-16-10-6-14(7-11-16)13-4-8-15(17)9-5-13/h4-11H,2-3,12H2,1H3. The SMILES string of the molecule is CCCCOc1ccc(-c2ccc(Cl)cc2)cc1. The molecule has 2 aromatic rings. The van der Waals surface area contributed by atoms with Crippen molar-refractivity contribution < 1.29 is 4.74 Å². The molecule has 0 atom stereocenters. The molecule has 0 radical (unpaired) electrons. The van der Waals surface area contributed by atoms with Crippen LogP contribution in [0.5, 0.6) is 5.75 Å². The van der Waals surface area contributed by atoms with Gasteiger partial charge in [0.05, 0.1) is 6.61 Å². The molecule has 0 aliphatic carbocycles. The fourth-order valence-electron chi connectivity index (χ4n) is 1.72. The molecule has 0 aliphatic heterocycles. The number of ether oxygens (including phenoxy) is 1. The summed E-state index contributed by atoms with van der Waals surface area (Å²) in [6.07, 6.45) is 2.25. The van der Waals surface area contributed by atoms with Crippen molar-refractivity contribution in [2.45, 2.75) is 19.8 Å². The van der Waals surface area contributed by atoms with Crippen LogP contribution in [0.3, 0.4) is 0 Å². The highest BCUT2D eigenvalue weighted by Crippen LogP contribution is 2.23. The maximum Gasteiger partial charge on any atom is 0.119 e. The van der Waals surface area contributed by atoms with Gasteiger partial charge in [-0.05, 0) is 41.8 Å². The molecule has 2 rings (SSSR count). The molecule has 94 valence electrons. The third-order valence-electron chi connectivity index (χ3n) is 2.80. The Morgan fingerprint density at radius 1 is 0.889 bits per heavy atom. The predicted octanol–water partition coefficient (Wildman–Crippen LogP) is 5.19. The van der Waals surface area contributed by atoms with Crippen LogP contribution in [0.2, 0.25) is 5.02 Å². The number of rotatable bonds is 5. The summed E-state index contributed by atoms with van der Waals surface area (Å²) in [5.41, 5.74) is 2.34. The smallest absolute Gasteiger partial charge is 0.119 e. The fourth-order valence-corrected chi connectivity index (χ4v) is 1.85. The molecule has 0 spiro atoms. The van der Waals surface area contributed by atoms with Crippen LogP contribution < -0.4 is 4.74 Å². The average Bonchev–Trinajstić information content (AvgIpc) is 2.41. The zero-order valence-electron chi connectivity index (χ0n) is 10.5. The quantitative estimate of drug-likeness (QED) is 0.673. The Kier molecular flexibility index (Phi) is 4.66. The molecule has 0 aliphatic rings. The zero-order valence-corrected chi connectivity index (χ0v) is 11.3. The molecule has 18 heavy (non-hydrogen) atoms. The molecule has 0 heterocycles. The van der Waals surface area contributed by atoms with Gasteiger partial charge >= 0.3 is 0 Å². The summed E-state index contributed by atoms with van der Waals surface area (Å²) < 4.78 is 5.64. The molecule has 0 aromatic heterocycles. The molecule has 0 N–H and O–H groups in total. The van der Waals surface area contributed by atoms with Crippen LogP contribution in [0.25, 0.3) is 11.1 Å². The number of hydrogen-bond acceptors (Lipinski definition) is 1. The van der Waals surface area contributed by atoms with Gasteiger partial charge in [0.15, 0.2) is 0 Å². The lowest BCUT2D eigenvalue weighted by atomic mass is 10.1. The molecule has 2 aromatic carbocycles. The van der Waals surface area contributed by atoms with Crippen molar-refractivity contribution in [2.75, 3.05) is 6.61 Å². The van der Waals surface area contributed by atoms with E-state index in [9.17, 15) is 0 Å². The molecule has 1 nitrogen and oxygen atoms in total. The number of halogens is 1. The first-order valence-electron chi connectivity index (χ1n) is 6.28. The lowest BCUT2D eigenvalue weighted by molar-refractivity contribution is 0.309. The van der Waals surface area contributed by atoms with Crippen LogP contribution in [0.4, 0.5) is 0 Å².